The number of pyridine rings is 1. The number of nitrogens with zero attached hydrogens (tertiary/aromatic N) is 1. The largest absolute Gasteiger partial charge is 0.368 e. The number of thiophene rings is 1. The van der Waals surface area contributed by atoms with Gasteiger partial charge in [-0.25, -0.2) is 13.4 Å². The minimum Gasteiger partial charge on any atom is -0.368 e. The van der Waals surface area contributed by atoms with Crippen molar-refractivity contribution >= 4 is 32.9 Å². The lowest BCUT2D eigenvalue weighted by molar-refractivity contribution is 0.603. The van der Waals surface area contributed by atoms with E-state index in [2.05, 4.69) is 28.9 Å². The molecule has 0 saturated carbocycles. The fourth-order valence-electron chi connectivity index (χ4n) is 1.66. The van der Waals surface area contributed by atoms with E-state index in [9.17, 15) is 8.42 Å². The van der Waals surface area contributed by atoms with Crippen molar-refractivity contribution in [2.75, 3.05) is 10.0 Å². The number of hydrogen-bond acceptors (Lipinski definition) is 5. The van der Waals surface area contributed by atoms with Gasteiger partial charge in [-0.3, -0.25) is 4.72 Å². The van der Waals surface area contributed by atoms with Crippen molar-refractivity contribution in [3.05, 3.63) is 35.3 Å². The summed E-state index contributed by atoms with van der Waals surface area (Å²) in [7, 11) is -3.52. The number of rotatable bonds is 6. The molecule has 21 heavy (non-hydrogen) atoms. The number of nitrogens with one attached hydrogen (secondary N) is 2. The van der Waals surface area contributed by atoms with Crippen molar-refractivity contribution in [1.29, 1.82) is 0 Å². The number of hydrogen-bond donors (Lipinski definition) is 2. The summed E-state index contributed by atoms with van der Waals surface area (Å²) in [5.74, 6) is 0.735. The molecular weight excluding hydrogens is 306 g/mol. The number of sulfonamides is 1. The summed E-state index contributed by atoms with van der Waals surface area (Å²) in [6.07, 6.45) is 2.51. The van der Waals surface area contributed by atoms with Crippen molar-refractivity contribution < 1.29 is 8.42 Å². The lowest BCUT2D eigenvalue weighted by atomic mass is 10.2. The fraction of sp³-hybridized carbons (Fsp3) is 0.357. The van der Waals surface area contributed by atoms with Crippen molar-refractivity contribution in [1.82, 2.24) is 4.98 Å². The SMILES string of the molecule is CCC(C)Nc1ccc(NS(=O)(=O)c2ccc(C)s2)cn1. The lowest BCUT2D eigenvalue weighted by Crippen LogP contribution is -2.15. The Balaban J connectivity index is 2.09. The average molecular weight is 325 g/mol. The maximum absolute atomic E-state index is 12.2. The van der Waals surface area contributed by atoms with E-state index in [1.54, 1.807) is 24.3 Å². The summed E-state index contributed by atoms with van der Waals surface area (Å²) < 4.78 is 27.2. The molecule has 0 aliphatic carbocycles. The van der Waals surface area contributed by atoms with E-state index in [1.165, 1.54) is 17.5 Å². The smallest absolute Gasteiger partial charge is 0.271 e. The highest BCUT2D eigenvalue weighted by Gasteiger charge is 2.16. The van der Waals surface area contributed by atoms with E-state index in [1.807, 2.05) is 6.92 Å². The molecule has 0 spiro atoms. The van der Waals surface area contributed by atoms with Crippen LogP contribution in [0.15, 0.2) is 34.7 Å². The topological polar surface area (TPSA) is 71.1 Å². The van der Waals surface area contributed by atoms with Crippen molar-refractivity contribution in [2.24, 2.45) is 0 Å². The molecule has 0 aliphatic rings. The first kappa shape index (κ1) is 15.8. The molecule has 0 fully saturated rings. The van der Waals surface area contributed by atoms with Gasteiger partial charge in [0, 0.05) is 10.9 Å². The molecule has 0 amide bonds. The highest BCUT2D eigenvalue weighted by Crippen LogP contribution is 2.23. The van der Waals surface area contributed by atoms with Gasteiger partial charge in [0.25, 0.3) is 10.0 Å². The Morgan fingerprint density at radius 1 is 1.29 bits per heavy atom. The first-order valence-electron chi connectivity index (χ1n) is 6.72. The molecule has 0 saturated heterocycles. The summed E-state index contributed by atoms with van der Waals surface area (Å²) in [5, 5.41) is 3.23. The van der Waals surface area contributed by atoms with Crippen molar-refractivity contribution in [2.45, 2.75) is 37.4 Å². The monoisotopic (exact) mass is 325 g/mol. The highest BCUT2D eigenvalue weighted by atomic mass is 32.2. The van der Waals surface area contributed by atoms with Gasteiger partial charge in [0.1, 0.15) is 10.0 Å². The maximum Gasteiger partial charge on any atom is 0.271 e. The Labute approximate surface area is 129 Å². The van der Waals surface area contributed by atoms with E-state index in [-0.39, 0.29) is 0 Å². The van der Waals surface area contributed by atoms with Gasteiger partial charge in [0.2, 0.25) is 0 Å². The van der Waals surface area contributed by atoms with E-state index in [4.69, 9.17) is 0 Å². The molecule has 2 heterocycles. The normalized spacial score (nSPS) is 12.9. The van der Waals surface area contributed by atoms with Crippen LogP contribution >= 0.6 is 11.3 Å². The van der Waals surface area contributed by atoms with E-state index in [0.29, 0.717) is 15.9 Å². The minimum absolute atomic E-state index is 0.307. The zero-order chi connectivity index (χ0) is 15.5. The molecule has 2 rings (SSSR count). The third kappa shape index (κ3) is 4.18. The zero-order valence-electron chi connectivity index (χ0n) is 12.3. The van der Waals surface area contributed by atoms with E-state index >= 15 is 0 Å². The second-order valence-electron chi connectivity index (χ2n) is 4.86. The lowest BCUT2D eigenvalue weighted by Gasteiger charge is -2.12. The molecule has 0 bridgehead atoms. The second-order valence-corrected chi connectivity index (χ2v) is 8.05. The molecule has 7 heteroatoms. The Morgan fingerprint density at radius 2 is 2.05 bits per heavy atom. The number of anilines is 2. The van der Waals surface area contributed by atoms with E-state index < -0.39 is 10.0 Å². The third-order valence-electron chi connectivity index (χ3n) is 3.00. The first-order valence-corrected chi connectivity index (χ1v) is 9.02. The highest BCUT2D eigenvalue weighted by molar-refractivity contribution is 7.94. The molecule has 1 unspecified atom stereocenters. The molecule has 2 aromatic heterocycles. The van der Waals surface area contributed by atoms with Crippen LogP contribution in [-0.4, -0.2) is 19.4 Å². The molecule has 0 radical (unpaired) electrons. The molecule has 1 atom stereocenters. The van der Waals surface area contributed by atoms with Gasteiger partial charge in [0.05, 0.1) is 11.9 Å². The summed E-state index contributed by atoms with van der Waals surface area (Å²) in [5.41, 5.74) is 0.454. The Kier molecular flexibility index (Phi) is 4.84. The number of aromatic nitrogens is 1. The Morgan fingerprint density at radius 3 is 2.57 bits per heavy atom. The standard InChI is InChI=1S/C14H19N3O2S2/c1-4-10(2)16-13-7-6-12(9-15-13)17-21(18,19)14-8-5-11(3)20-14/h5-10,17H,4H2,1-3H3,(H,15,16). The Bertz CT molecular complexity index is 693. The minimum atomic E-state index is -3.52. The predicted octanol–water partition coefficient (Wildman–Crippen LogP) is 3.46. The second kappa shape index (κ2) is 6.44. The van der Waals surface area contributed by atoms with Crippen LogP contribution in [0.25, 0.3) is 0 Å². The average Bonchev–Trinajstić information content (AvgIpc) is 2.88. The van der Waals surface area contributed by atoms with Gasteiger partial charge < -0.3 is 5.32 Å². The molecular formula is C14H19N3O2S2. The summed E-state index contributed by atoms with van der Waals surface area (Å²) >= 11 is 1.25. The molecule has 5 nitrogen and oxygen atoms in total. The van der Waals surface area contributed by atoms with Crippen LogP contribution in [0.5, 0.6) is 0 Å². The quantitative estimate of drug-likeness (QED) is 0.853. The molecule has 114 valence electrons. The van der Waals surface area contributed by atoms with Crippen LogP contribution in [0.4, 0.5) is 11.5 Å². The van der Waals surface area contributed by atoms with Gasteiger partial charge in [-0.2, -0.15) is 0 Å². The first-order chi connectivity index (χ1) is 9.90. The third-order valence-corrected chi connectivity index (χ3v) is 5.88. The zero-order valence-corrected chi connectivity index (χ0v) is 13.9. The summed E-state index contributed by atoms with van der Waals surface area (Å²) in [4.78, 5) is 5.17. The van der Waals surface area contributed by atoms with Crippen LogP contribution in [0.3, 0.4) is 0 Å². The summed E-state index contributed by atoms with van der Waals surface area (Å²) in [6, 6.07) is 7.19. The van der Waals surface area contributed by atoms with Crippen molar-refractivity contribution in [3.8, 4) is 0 Å². The molecule has 0 aromatic carbocycles. The van der Waals surface area contributed by atoms with Crippen LogP contribution in [0.2, 0.25) is 0 Å². The van der Waals surface area contributed by atoms with Crippen LogP contribution in [0.1, 0.15) is 25.1 Å². The van der Waals surface area contributed by atoms with Crippen LogP contribution < -0.4 is 10.0 Å². The van der Waals surface area contributed by atoms with E-state index in [0.717, 1.165) is 17.1 Å². The van der Waals surface area contributed by atoms with Crippen LogP contribution in [-0.2, 0) is 10.0 Å². The molecule has 2 N–H and O–H groups in total. The van der Waals surface area contributed by atoms with Gasteiger partial charge in [-0.1, -0.05) is 6.92 Å². The molecule has 2 aromatic rings. The van der Waals surface area contributed by atoms with Gasteiger partial charge in [-0.15, -0.1) is 11.3 Å². The number of aryl methyl sites for hydroxylation is 1. The molecule has 0 aliphatic heterocycles. The Hall–Kier alpha value is -1.60. The van der Waals surface area contributed by atoms with Gasteiger partial charge in [0.15, 0.2) is 0 Å². The predicted molar refractivity (Wildman–Crippen MR) is 87.5 cm³/mol. The maximum atomic E-state index is 12.2. The van der Waals surface area contributed by atoms with Crippen LogP contribution in [0, 0.1) is 6.92 Å². The van der Waals surface area contributed by atoms with Gasteiger partial charge >= 0.3 is 0 Å². The fourth-order valence-corrected chi connectivity index (χ4v) is 3.98. The van der Waals surface area contributed by atoms with Gasteiger partial charge in [-0.05, 0) is 44.5 Å². The van der Waals surface area contributed by atoms with Crippen molar-refractivity contribution in [3.63, 3.8) is 0 Å². The summed E-state index contributed by atoms with van der Waals surface area (Å²) in [6.45, 7) is 6.03.